The van der Waals surface area contributed by atoms with Crippen LogP contribution in [-0.4, -0.2) is 18.5 Å². The summed E-state index contributed by atoms with van der Waals surface area (Å²) in [5.74, 6) is 0.515. The summed E-state index contributed by atoms with van der Waals surface area (Å²) in [4.78, 5) is 11.2. The fraction of sp³-hybridized carbons (Fsp3) is 0.769. The maximum absolute atomic E-state index is 11.2. The van der Waals surface area contributed by atoms with E-state index in [1.807, 2.05) is 0 Å². The van der Waals surface area contributed by atoms with Crippen LogP contribution in [0.25, 0.3) is 0 Å². The number of hydrogen-bond donors (Lipinski definition) is 0. The molecule has 0 aromatic carbocycles. The second-order valence-electron chi connectivity index (χ2n) is 4.25. The monoisotopic (exact) mass is 246 g/mol. The van der Waals surface area contributed by atoms with Gasteiger partial charge in [-0.1, -0.05) is 39.2 Å². The Hall–Kier alpha value is -0.500. The van der Waals surface area contributed by atoms with Crippen molar-refractivity contribution in [3.8, 4) is 0 Å². The van der Waals surface area contributed by atoms with Crippen LogP contribution in [0.15, 0.2) is 12.2 Å². The molecule has 0 aliphatic carbocycles. The third-order valence-corrected chi connectivity index (χ3v) is 2.92. The van der Waals surface area contributed by atoms with Crippen molar-refractivity contribution in [2.75, 3.05) is 12.5 Å². The van der Waals surface area contributed by atoms with Gasteiger partial charge in [-0.25, -0.2) is 4.79 Å². The summed E-state index contributed by atoms with van der Waals surface area (Å²) in [5, 5.41) is 0. The van der Waals surface area contributed by atoms with Gasteiger partial charge in [0, 0.05) is 17.4 Å². The van der Waals surface area contributed by atoms with E-state index in [1.165, 1.54) is 19.3 Å². The topological polar surface area (TPSA) is 26.3 Å². The number of alkyl halides is 1. The summed E-state index contributed by atoms with van der Waals surface area (Å²) >= 11 is 5.83. The molecule has 0 aliphatic rings. The molecule has 0 aromatic heterocycles. The third kappa shape index (κ3) is 7.75. The van der Waals surface area contributed by atoms with Crippen molar-refractivity contribution < 1.29 is 9.53 Å². The van der Waals surface area contributed by atoms with Crippen molar-refractivity contribution in [2.45, 2.75) is 46.0 Å². The fourth-order valence-electron chi connectivity index (χ4n) is 1.38. The van der Waals surface area contributed by atoms with E-state index in [0.29, 0.717) is 18.1 Å². The molecule has 0 saturated heterocycles. The summed E-state index contributed by atoms with van der Waals surface area (Å²) < 4.78 is 5.09. The smallest absolute Gasteiger partial charge is 0.333 e. The zero-order chi connectivity index (χ0) is 12.4. The average Bonchev–Trinajstić information content (AvgIpc) is 2.27. The molecule has 0 spiro atoms. The average molecular weight is 247 g/mol. The normalized spacial score (nSPS) is 12.2. The maximum atomic E-state index is 11.2. The lowest BCUT2D eigenvalue weighted by Gasteiger charge is -2.13. The first-order chi connectivity index (χ1) is 7.61. The molecule has 0 rings (SSSR count). The predicted octanol–water partition coefficient (Wildman–Crippen LogP) is 3.93. The van der Waals surface area contributed by atoms with Crippen molar-refractivity contribution in [1.29, 1.82) is 0 Å². The molecule has 0 heterocycles. The third-order valence-electron chi connectivity index (χ3n) is 2.48. The van der Waals surface area contributed by atoms with Crippen LogP contribution in [0.4, 0.5) is 0 Å². The molecule has 3 heteroatoms. The van der Waals surface area contributed by atoms with E-state index in [9.17, 15) is 4.79 Å². The van der Waals surface area contributed by atoms with Gasteiger partial charge < -0.3 is 4.74 Å². The lowest BCUT2D eigenvalue weighted by molar-refractivity contribution is -0.140. The van der Waals surface area contributed by atoms with Crippen molar-refractivity contribution in [3.63, 3.8) is 0 Å². The van der Waals surface area contributed by atoms with Gasteiger partial charge in [0.2, 0.25) is 0 Å². The highest BCUT2D eigenvalue weighted by atomic mass is 35.5. The van der Waals surface area contributed by atoms with E-state index < -0.39 is 0 Å². The number of carbonyl (C=O) groups is 1. The second-order valence-corrected chi connectivity index (χ2v) is 4.56. The molecular formula is C13H23ClO2. The number of halogens is 1. The highest BCUT2D eigenvalue weighted by molar-refractivity contribution is 6.18. The zero-order valence-electron chi connectivity index (χ0n) is 10.4. The van der Waals surface area contributed by atoms with Gasteiger partial charge in [0.15, 0.2) is 0 Å². The van der Waals surface area contributed by atoms with Crippen LogP contribution in [-0.2, 0) is 9.53 Å². The summed E-state index contributed by atoms with van der Waals surface area (Å²) in [5.41, 5.74) is 0.444. The Bertz CT molecular complexity index is 214. The van der Waals surface area contributed by atoms with Gasteiger partial charge in [-0.3, -0.25) is 0 Å². The lowest BCUT2D eigenvalue weighted by Crippen LogP contribution is -2.15. The highest BCUT2D eigenvalue weighted by Gasteiger charge is 2.11. The summed E-state index contributed by atoms with van der Waals surface area (Å²) in [6, 6.07) is 0. The first-order valence-electron chi connectivity index (χ1n) is 6.00. The van der Waals surface area contributed by atoms with Crippen LogP contribution >= 0.6 is 11.6 Å². The molecule has 0 amide bonds. The Morgan fingerprint density at radius 2 is 2.06 bits per heavy atom. The van der Waals surface area contributed by atoms with Crippen LogP contribution in [0.2, 0.25) is 0 Å². The molecule has 1 unspecified atom stereocenters. The van der Waals surface area contributed by atoms with Crippen molar-refractivity contribution in [3.05, 3.63) is 12.2 Å². The predicted molar refractivity (Wildman–Crippen MR) is 68.7 cm³/mol. The van der Waals surface area contributed by atoms with Crippen molar-refractivity contribution in [2.24, 2.45) is 5.92 Å². The summed E-state index contributed by atoms with van der Waals surface area (Å²) in [6.07, 6.45) is 5.93. The van der Waals surface area contributed by atoms with E-state index >= 15 is 0 Å². The van der Waals surface area contributed by atoms with Crippen LogP contribution < -0.4 is 0 Å². The minimum Gasteiger partial charge on any atom is -0.462 e. The molecule has 16 heavy (non-hydrogen) atoms. The molecule has 0 N–H and O–H groups in total. The minimum absolute atomic E-state index is 0.279. The van der Waals surface area contributed by atoms with E-state index in [4.69, 9.17) is 16.3 Å². The molecule has 0 aromatic rings. The van der Waals surface area contributed by atoms with Gasteiger partial charge >= 0.3 is 5.97 Å². The first-order valence-corrected chi connectivity index (χ1v) is 6.53. The quantitative estimate of drug-likeness (QED) is 0.267. The fourth-order valence-corrected chi connectivity index (χ4v) is 1.62. The first kappa shape index (κ1) is 15.5. The Morgan fingerprint density at radius 1 is 1.38 bits per heavy atom. The van der Waals surface area contributed by atoms with Gasteiger partial charge in [0.25, 0.3) is 0 Å². The molecule has 0 radical (unpaired) electrons. The Morgan fingerprint density at radius 3 is 2.56 bits per heavy atom. The second kappa shape index (κ2) is 9.71. The Kier molecular flexibility index (Phi) is 9.40. The molecular weight excluding hydrogens is 224 g/mol. The van der Waals surface area contributed by atoms with Crippen LogP contribution in [0.5, 0.6) is 0 Å². The standard InChI is InChI=1S/C13H23ClO2/c1-4-5-6-7-8-12(9-14)10-16-13(15)11(2)3/h12H,2,4-10H2,1,3H3. The van der Waals surface area contributed by atoms with Gasteiger partial charge in [-0.05, 0) is 13.3 Å². The van der Waals surface area contributed by atoms with Gasteiger partial charge in [0.05, 0.1) is 6.61 Å². The molecule has 0 fully saturated rings. The maximum Gasteiger partial charge on any atom is 0.333 e. The van der Waals surface area contributed by atoms with Gasteiger partial charge in [0.1, 0.15) is 0 Å². The number of unbranched alkanes of at least 4 members (excludes halogenated alkanes) is 3. The number of hydrogen-bond acceptors (Lipinski definition) is 2. The van der Waals surface area contributed by atoms with E-state index in [2.05, 4.69) is 13.5 Å². The van der Waals surface area contributed by atoms with E-state index in [-0.39, 0.29) is 11.9 Å². The molecule has 0 bridgehead atoms. The largest absolute Gasteiger partial charge is 0.462 e. The Labute approximate surface area is 104 Å². The molecule has 0 aliphatic heterocycles. The molecule has 94 valence electrons. The number of carbonyl (C=O) groups excluding carboxylic acids is 1. The van der Waals surface area contributed by atoms with Crippen molar-refractivity contribution >= 4 is 17.6 Å². The minimum atomic E-state index is -0.316. The zero-order valence-corrected chi connectivity index (χ0v) is 11.2. The number of esters is 1. The molecule has 1 atom stereocenters. The highest BCUT2D eigenvalue weighted by Crippen LogP contribution is 2.13. The van der Waals surface area contributed by atoms with Crippen LogP contribution in [0.3, 0.4) is 0 Å². The van der Waals surface area contributed by atoms with Crippen LogP contribution in [0, 0.1) is 5.92 Å². The Balaban J connectivity index is 3.66. The lowest BCUT2D eigenvalue weighted by atomic mass is 10.0. The summed E-state index contributed by atoms with van der Waals surface area (Å²) in [6.45, 7) is 7.80. The van der Waals surface area contributed by atoms with Gasteiger partial charge in [-0.2, -0.15) is 0 Å². The van der Waals surface area contributed by atoms with Gasteiger partial charge in [-0.15, -0.1) is 11.6 Å². The van der Waals surface area contributed by atoms with Crippen LogP contribution in [0.1, 0.15) is 46.0 Å². The van der Waals surface area contributed by atoms with E-state index in [0.717, 1.165) is 12.8 Å². The number of rotatable bonds is 9. The van der Waals surface area contributed by atoms with E-state index in [1.54, 1.807) is 6.92 Å². The summed E-state index contributed by atoms with van der Waals surface area (Å²) in [7, 11) is 0. The molecule has 2 nitrogen and oxygen atoms in total. The van der Waals surface area contributed by atoms with Crippen molar-refractivity contribution in [1.82, 2.24) is 0 Å². The molecule has 0 saturated carbocycles. The number of ether oxygens (including phenoxy) is 1. The SMILES string of the molecule is C=C(C)C(=O)OCC(CCl)CCCCCC.